The molecule has 1 saturated heterocycles. The molecule has 0 atom stereocenters. The van der Waals surface area contributed by atoms with Crippen molar-refractivity contribution in [3.05, 3.63) is 45.9 Å². The van der Waals surface area contributed by atoms with Crippen LogP contribution >= 0.6 is 11.3 Å². The van der Waals surface area contributed by atoms with Gasteiger partial charge in [-0.2, -0.15) is 0 Å². The van der Waals surface area contributed by atoms with Crippen LogP contribution in [0.2, 0.25) is 0 Å². The molecule has 6 heteroatoms. The van der Waals surface area contributed by atoms with Gasteiger partial charge in [-0.05, 0) is 25.0 Å². The minimum absolute atomic E-state index is 0.0637. The molecule has 2 aromatic rings. The first-order chi connectivity index (χ1) is 13.3. The Hall–Kier alpha value is -1.92. The standard InChI is InChI=1S/C22H31N3O2S/c1-17-8-5-6-9-19(17)27-15-20(26)25-11-7-10-24(12-13-25)14-18-16-28-21(23-18)22(2,3)4/h5-6,8-9,16H,7,10-15H2,1-4H3. The number of hydrogen-bond donors (Lipinski definition) is 0. The van der Waals surface area contributed by atoms with Gasteiger partial charge in [0.05, 0.1) is 10.7 Å². The van der Waals surface area contributed by atoms with Gasteiger partial charge in [0.25, 0.3) is 5.91 Å². The molecule has 0 N–H and O–H groups in total. The van der Waals surface area contributed by atoms with E-state index in [2.05, 4.69) is 31.1 Å². The minimum atomic E-state index is 0.0637. The lowest BCUT2D eigenvalue weighted by atomic mass is 9.98. The first-order valence-electron chi connectivity index (χ1n) is 9.96. The summed E-state index contributed by atoms with van der Waals surface area (Å²) in [4.78, 5) is 21.7. The van der Waals surface area contributed by atoms with Gasteiger partial charge in [-0.25, -0.2) is 4.98 Å². The topological polar surface area (TPSA) is 45.7 Å². The summed E-state index contributed by atoms with van der Waals surface area (Å²) in [6.45, 7) is 12.9. The number of carbonyl (C=O) groups excluding carboxylic acids is 1. The predicted molar refractivity (Wildman–Crippen MR) is 114 cm³/mol. The molecule has 1 aromatic heterocycles. The molecule has 1 aromatic carbocycles. The Kier molecular flexibility index (Phi) is 6.73. The molecule has 0 aliphatic carbocycles. The molecule has 0 spiro atoms. The molecule has 28 heavy (non-hydrogen) atoms. The number of benzene rings is 1. The zero-order chi connectivity index (χ0) is 20.1. The second-order valence-electron chi connectivity index (χ2n) is 8.46. The van der Waals surface area contributed by atoms with Crippen molar-refractivity contribution in [3.8, 4) is 5.75 Å². The van der Waals surface area contributed by atoms with Crippen LogP contribution in [0.4, 0.5) is 0 Å². The van der Waals surface area contributed by atoms with E-state index >= 15 is 0 Å². The molecule has 0 radical (unpaired) electrons. The third-order valence-corrected chi connectivity index (χ3v) is 6.28. The Morgan fingerprint density at radius 3 is 2.68 bits per heavy atom. The molecule has 1 fully saturated rings. The monoisotopic (exact) mass is 401 g/mol. The van der Waals surface area contributed by atoms with Crippen LogP contribution in [0.3, 0.4) is 0 Å². The summed E-state index contributed by atoms with van der Waals surface area (Å²) in [5, 5.41) is 3.35. The van der Waals surface area contributed by atoms with Crippen molar-refractivity contribution < 1.29 is 9.53 Å². The smallest absolute Gasteiger partial charge is 0.260 e. The van der Waals surface area contributed by atoms with Crippen molar-refractivity contribution >= 4 is 17.2 Å². The SMILES string of the molecule is Cc1ccccc1OCC(=O)N1CCCN(Cc2csc(C(C)(C)C)n2)CC1. The molecule has 0 unspecified atom stereocenters. The number of nitrogens with zero attached hydrogens (tertiary/aromatic N) is 3. The number of aromatic nitrogens is 1. The summed E-state index contributed by atoms with van der Waals surface area (Å²) in [6.07, 6.45) is 0.979. The van der Waals surface area contributed by atoms with E-state index in [4.69, 9.17) is 9.72 Å². The number of amides is 1. The van der Waals surface area contributed by atoms with Gasteiger partial charge < -0.3 is 9.64 Å². The first-order valence-corrected chi connectivity index (χ1v) is 10.8. The third kappa shape index (κ3) is 5.55. The molecule has 1 aliphatic rings. The predicted octanol–water partition coefficient (Wildman–Crippen LogP) is 3.86. The molecule has 2 heterocycles. The quantitative estimate of drug-likeness (QED) is 0.763. The molecule has 1 amide bonds. The van der Waals surface area contributed by atoms with Crippen LogP contribution in [-0.4, -0.2) is 53.5 Å². The van der Waals surface area contributed by atoms with Gasteiger partial charge in [0.1, 0.15) is 5.75 Å². The number of thiazole rings is 1. The highest BCUT2D eigenvalue weighted by molar-refractivity contribution is 7.09. The molecule has 152 valence electrons. The van der Waals surface area contributed by atoms with Crippen LogP contribution in [-0.2, 0) is 16.8 Å². The second-order valence-corrected chi connectivity index (χ2v) is 9.32. The van der Waals surface area contributed by atoms with Crippen LogP contribution in [0.5, 0.6) is 5.75 Å². The van der Waals surface area contributed by atoms with Crippen LogP contribution in [0.15, 0.2) is 29.6 Å². The van der Waals surface area contributed by atoms with Crippen molar-refractivity contribution in [1.29, 1.82) is 0 Å². The Labute approximate surface area is 172 Å². The Balaban J connectivity index is 1.49. The van der Waals surface area contributed by atoms with E-state index in [0.29, 0.717) is 0 Å². The molecular weight excluding hydrogens is 370 g/mol. The number of para-hydroxylation sites is 1. The first kappa shape index (κ1) is 20.8. The minimum Gasteiger partial charge on any atom is -0.484 e. The normalized spacial score (nSPS) is 16.1. The Bertz CT molecular complexity index is 797. The number of hydrogen-bond acceptors (Lipinski definition) is 5. The molecule has 3 rings (SSSR count). The van der Waals surface area contributed by atoms with Gasteiger partial charge in [-0.3, -0.25) is 9.69 Å². The maximum Gasteiger partial charge on any atom is 0.260 e. The van der Waals surface area contributed by atoms with Crippen molar-refractivity contribution in [2.45, 2.75) is 46.1 Å². The molecular formula is C22H31N3O2S. The summed E-state index contributed by atoms with van der Waals surface area (Å²) >= 11 is 1.74. The van der Waals surface area contributed by atoms with Crippen molar-refractivity contribution in [2.24, 2.45) is 0 Å². The highest BCUT2D eigenvalue weighted by Gasteiger charge is 2.22. The highest BCUT2D eigenvalue weighted by Crippen LogP contribution is 2.26. The van der Waals surface area contributed by atoms with Crippen LogP contribution < -0.4 is 4.74 Å². The fourth-order valence-electron chi connectivity index (χ4n) is 3.28. The summed E-state index contributed by atoms with van der Waals surface area (Å²) in [5.41, 5.74) is 2.29. The number of rotatable bonds is 5. The van der Waals surface area contributed by atoms with Crippen molar-refractivity contribution in [3.63, 3.8) is 0 Å². The van der Waals surface area contributed by atoms with E-state index in [0.717, 1.165) is 56.2 Å². The second kappa shape index (κ2) is 9.05. The summed E-state index contributed by atoms with van der Waals surface area (Å²) in [6, 6.07) is 7.81. The maximum absolute atomic E-state index is 12.6. The molecule has 0 saturated carbocycles. The third-order valence-electron chi connectivity index (χ3n) is 4.96. The maximum atomic E-state index is 12.6. The molecule has 5 nitrogen and oxygen atoms in total. The molecule has 1 aliphatic heterocycles. The lowest BCUT2D eigenvalue weighted by Crippen LogP contribution is -2.38. The van der Waals surface area contributed by atoms with E-state index in [1.54, 1.807) is 11.3 Å². The van der Waals surface area contributed by atoms with E-state index in [-0.39, 0.29) is 17.9 Å². The summed E-state index contributed by atoms with van der Waals surface area (Å²) in [7, 11) is 0. The van der Waals surface area contributed by atoms with Gasteiger partial charge in [-0.15, -0.1) is 11.3 Å². The fourth-order valence-corrected chi connectivity index (χ4v) is 4.18. The average Bonchev–Trinajstić information content (AvgIpc) is 3.00. The van der Waals surface area contributed by atoms with Crippen molar-refractivity contribution in [2.75, 3.05) is 32.8 Å². The zero-order valence-electron chi connectivity index (χ0n) is 17.4. The van der Waals surface area contributed by atoms with Gasteiger partial charge in [0.15, 0.2) is 6.61 Å². The molecule has 0 bridgehead atoms. The van der Waals surface area contributed by atoms with Gasteiger partial charge in [0.2, 0.25) is 0 Å². The lowest BCUT2D eigenvalue weighted by molar-refractivity contribution is -0.133. The van der Waals surface area contributed by atoms with Gasteiger partial charge in [0, 0.05) is 43.5 Å². The van der Waals surface area contributed by atoms with Crippen LogP contribution in [0.25, 0.3) is 0 Å². The van der Waals surface area contributed by atoms with E-state index in [1.807, 2.05) is 36.1 Å². The fraction of sp³-hybridized carbons (Fsp3) is 0.545. The number of aryl methyl sites for hydroxylation is 1. The number of carbonyl (C=O) groups is 1. The van der Waals surface area contributed by atoms with Crippen LogP contribution in [0.1, 0.15) is 43.5 Å². The largest absolute Gasteiger partial charge is 0.484 e. The van der Waals surface area contributed by atoms with E-state index < -0.39 is 0 Å². The van der Waals surface area contributed by atoms with E-state index in [1.165, 1.54) is 5.01 Å². The highest BCUT2D eigenvalue weighted by atomic mass is 32.1. The average molecular weight is 402 g/mol. The lowest BCUT2D eigenvalue weighted by Gasteiger charge is -2.22. The zero-order valence-corrected chi connectivity index (χ0v) is 18.2. The number of ether oxygens (including phenoxy) is 1. The van der Waals surface area contributed by atoms with Crippen molar-refractivity contribution in [1.82, 2.24) is 14.8 Å². The summed E-state index contributed by atoms with van der Waals surface area (Å²) in [5.74, 6) is 0.847. The summed E-state index contributed by atoms with van der Waals surface area (Å²) < 4.78 is 5.74. The van der Waals surface area contributed by atoms with Gasteiger partial charge in [-0.1, -0.05) is 39.0 Å². The van der Waals surface area contributed by atoms with Crippen LogP contribution in [0, 0.1) is 6.92 Å². The van der Waals surface area contributed by atoms with Gasteiger partial charge >= 0.3 is 0 Å². The Morgan fingerprint density at radius 1 is 1.18 bits per heavy atom. The Morgan fingerprint density at radius 2 is 1.96 bits per heavy atom. The van der Waals surface area contributed by atoms with E-state index in [9.17, 15) is 4.79 Å².